The van der Waals surface area contributed by atoms with Gasteiger partial charge in [0.1, 0.15) is 0 Å². The van der Waals surface area contributed by atoms with Crippen LogP contribution >= 0.6 is 11.6 Å². The van der Waals surface area contributed by atoms with Gasteiger partial charge in [-0.1, -0.05) is 26.2 Å². The maximum Gasteiger partial charge on any atom is 0.0627 e. The smallest absolute Gasteiger partial charge is 0.0627 e. The Hall–Kier alpha value is -0.500. The second-order valence-corrected chi connectivity index (χ2v) is 5.55. The molecule has 0 aromatic carbocycles. The number of hydrogen-bond acceptors (Lipinski definition) is 1. The van der Waals surface area contributed by atoms with Crippen molar-refractivity contribution in [1.82, 2.24) is 9.78 Å². The Bertz CT molecular complexity index is 329. The van der Waals surface area contributed by atoms with E-state index in [4.69, 9.17) is 16.7 Å². The maximum absolute atomic E-state index is 6.00. The number of rotatable bonds is 6. The zero-order valence-corrected chi connectivity index (χ0v) is 11.5. The van der Waals surface area contributed by atoms with Gasteiger partial charge in [-0.2, -0.15) is 5.10 Å². The monoisotopic (exact) mass is 254 g/mol. The van der Waals surface area contributed by atoms with Gasteiger partial charge in [-0.15, -0.1) is 11.6 Å². The van der Waals surface area contributed by atoms with Crippen LogP contribution < -0.4 is 0 Å². The normalized spacial score (nSPS) is 18.7. The predicted octanol–water partition coefficient (Wildman–Crippen LogP) is 4.20. The van der Waals surface area contributed by atoms with Crippen LogP contribution in [0.25, 0.3) is 0 Å². The van der Waals surface area contributed by atoms with E-state index >= 15 is 0 Å². The van der Waals surface area contributed by atoms with Crippen LogP contribution in [0.1, 0.15) is 57.2 Å². The molecule has 0 saturated heterocycles. The molecule has 0 spiro atoms. The van der Waals surface area contributed by atoms with E-state index in [0.717, 1.165) is 12.3 Å². The molecule has 1 saturated carbocycles. The topological polar surface area (TPSA) is 17.8 Å². The van der Waals surface area contributed by atoms with E-state index < -0.39 is 0 Å². The molecular weight excluding hydrogens is 232 g/mol. The molecule has 2 rings (SSSR count). The number of alkyl halides is 1. The summed E-state index contributed by atoms with van der Waals surface area (Å²) < 4.78 is 2.18. The van der Waals surface area contributed by atoms with Crippen molar-refractivity contribution in [1.29, 1.82) is 0 Å². The van der Waals surface area contributed by atoms with Gasteiger partial charge in [-0.3, -0.25) is 4.68 Å². The van der Waals surface area contributed by atoms with Gasteiger partial charge in [0.15, 0.2) is 0 Å². The summed E-state index contributed by atoms with van der Waals surface area (Å²) in [4.78, 5) is 0. The van der Waals surface area contributed by atoms with Crippen molar-refractivity contribution in [2.75, 3.05) is 5.88 Å². The van der Waals surface area contributed by atoms with Gasteiger partial charge in [0.25, 0.3) is 0 Å². The largest absolute Gasteiger partial charge is 0.269 e. The lowest BCUT2D eigenvalue weighted by Gasteiger charge is -2.11. The number of aromatic nitrogens is 2. The Morgan fingerprint density at radius 1 is 1.47 bits per heavy atom. The SMILES string of the molecule is CCCC(CCl)Cc1ccn(C2CCCC2)n1. The molecule has 0 bridgehead atoms. The van der Waals surface area contributed by atoms with Crippen LogP contribution in [-0.4, -0.2) is 15.7 Å². The van der Waals surface area contributed by atoms with E-state index in [0.29, 0.717) is 12.0 Å². The summed E-state index contributed by atoms with van der Waals surface area (Å²) in [5.74, 6) is 1.35. The third-order valence-corrected chi connectivity index (χ3v) is 4.21. The summed E-state index contributed by atoms with van der Waals surface area (Å²) in [7, 11) is 0. The molecule has 1 fully saturated rings. The zero-order valence-electron chi connectivity index (χ0n) is 10.7. The summed E-state index contributed by atoms with van der Waals surface area (Å²) in [5, 5.41) is 4.72. The van der Waals surface area contributed by atoms with Crippen molar-refractivity contribution in [3.05, 3.63) is 18.0 Å². The van der Waals surface area contributed by atoms with Gasteiger partial charge < -0.3 is 0 Å². The molecule has 1 aromatic rings. The molecule has 0 aliphatic heterocycles. The highest BCUT2D eigenvalue weighted by atomic mass is 35.5. The minimum Gasteiger partial charge on any atom is -0.269 e. The van der Waals surface area contributed by atoms with Crippen molar-refractivity contribution in [3.63, 3.8) is 0 Å². The molecule has 1 atom stereocenters. The molecule has 1 aromatic heterocycles. The van der Waals surface area contributed by atoms with Crippen molar-refractivity contribution in [2.45, 2.75) is 57.9 Å². The molecule has 1 aliphatic carbocycles. The lowest BCUT2D eigenvalue weighted by molar-refractivity contribution is 0.454. The van der Waals surface area contributed by atoms with Crippen LogP contribution in [0.3, 0.4) is 0 Å². The Labute approximate surface area is 109 Å². The molecule has 3 heteroatoms. The van der Waals surface area contributed by atoms with Gasteiger partial charge in [-0.05, 0) is 37.7 Å². The van der Waals surface area contributed by atoms with Gasteiger partial charge in [0, 0.05) is 12.1 Å². The van der Waals surface area contributed by atoms with Gasteiger partial charge >= 0.3 is 0 Å². The second kappa shape index (κ2) is 6.44. The van der Waals surface area contributed by atoms with Gasteiger partial charge in [0.05, 0.1) is 11.7 Å². The van der Waals surface area contributed by atoms with Crippen molar-refractivity contribution >= 4 is 11.6 Å². The Kier molecular flexibility index (Phi) is 4.90. The average Bonchev–Trinajstić information content (AvgIpc) is 2.98. The summed E-state index contributed by atoms with van der Waals surface area (Å²) >= 11 is 6.00. The van der Waals surface area contributed by atoms with E-state index in [1.165, 1.54) is 44.2 Å². The van der Waals surface area contributed by atoms with E-state index in [9.17, 15) is 0 Å². The van der Waals surface area contributed by atoms with Crippen molar-refractivity contribution < 1.29 is 0 Å². The molecule has 96 valence electrons. The first-order chi connectivity index (χ1) is 8.33. The van der Waals surface area contributed by atoms with Crippen molar-refractivity contribution in [3.8, 4) is 0 Å². The molecular formula is C14H23ClN2. The number of halogens is 1. The molecule has 1 unspecified atom stereocenters. The first kappa shape index (κ1) is 12.9. The standard InChI is InChI=1S/C14H23ClN2/c1-2-5-12(11-15)10-13-8-9-17(16-13)14-6-3-4-7-14/h8-9,12,14H,2-7,10-11H2,1H3. The molecule has 1 aliphatic rings. The Morgan fingerprint density at radius 3 is 2.88 bits per heavy atom. The quantitative estimate of drug-likeness (QED) is 0.696. The predicted molar refractivity (Wildman–Crippen MR) is 72.6 cm³/mol. The Balaban J connectivity index is 1.92. The fraction of sp³-hybridized carbons (Fsp3) is 0.786. The van der Waals surface area contributed by atoms with E-state index in [2.05, 4.69) is 23.9 Å². The number of hydrogen-bond donors (Lipinski definition) is 0. The van der Waals surface area contributed by atoms with Crippen LogP contribution in [0.5, 0.6) is 0 Å². The van der Waals surface area contributed by atoms with Crippen LogP contribution in [0, 0.1) is 5.92 Å². The average molecular weight is 255 g/mol. The first-order valence-electron chi connectivity index (χ1n) is 6.93. The summed E-state index contributed by atoms with van der Waals surface area (Å²) in [6.45, 7) is 2.22. The van der Waals surface area contributed by atoms with E-state index in [-0.39, 0.29) is 0 Å². The molecule has 0 N–H and O–H groups in total. The van der Waals surface area contributed by atoms with Crippen LogP contribution in [0.15, 0.2) is 12.3 Å². The fourth-order valence-corrected chi connectivity index (χ4v) is 3.06. The van der Waals surface area contributed by atoms with Gasteiger partial charge in [-0.25, -0.2) is 0 Å². The highest BCUT2D eigenvalue weighted by Gasteiger charge is 2.18. The van der Waals surface area contributed by atoms with Crippen LogP contribution in [0.4, 0.5) is 0 Å². The van der Waals surface area contributed by atoms with Gasteiger partial charge in [0.2, 0.25) is 0 Å². The Morgan fingerprint density at radius 2 is 2.24 bits per heavy atom. The molecule has 1 heterocycles. The zero-order chi connectivity index (χ0) is 12.1. The summed E-state index contributed by atoms with van der Waals surface area (Å²) in [6.07, 6.45) is 10.9. The molecule has 2 nitrogen and oxygen atoms in total. The lowest BCUT2D eigenvalue weighted by atomic mass is 10.0. The third-order valence-electron chi connectivity index (χ3n) is 3.78. The van der Waals surface area contributed by atoms with Crippen LogP contribution in [-0.2, 0) is 6.42 Å². The molecule has 0 amide bonds. The molecule has 17 heavy (non-hydrogen) atoms. The summed E-state index contributed by atoms with van der Waals surface area (Å²) in [5.41, 5.74) is 1.22. The van der Waals surface area contributed by atoms with E-state index in [1.54, 1.807) is 0 Å². The highest BCUT2D eigenvalue weighted by Crippen LogP contribution is 2.29. The minimum atomic E-state index is 0.591. The molecule has 0 radical (unpaired) electrons. The maximum atomic E-state index is 6.00. The first-order valence-corrected chi connectivity index (χ1v) is 7.47. The minimum absolute atomic E-state index is 0.591. The van der Waals surface area contributed by atoms with Crippen molar-refractivity contribution in [2.24, 2.45) is 5.92 Å². The lowest BCUT2D eigenvalue weighted by Crippen LogP contribution is -2.09. The summed E-state index contributed by atoms with van der Waals surface area (Å²) in [6, 6.07) is 2.83. The third kappa shape index (κ3) is 3.48. The van der Waals surface area contributed by atoms with E-state index in [1.807, 2.05) is 0 Å². The highest BCUT2D eigenvalue weighted by molar-refractivity contribution is 6.18. The second-order valence-electron chi connectivity index (χ2n) is 5.24. The van der Waals surface area contributed by atoms with Crippen LogP contribution in [0.2, 0.25) is 0 Å². The fourth-order valence-electron chi connectivity index (χ4n) is 2.80. The number of nitrogens with zero attached hydrogens (tertiary/aromatic N) is 2.